The average Bonchev–Trinajstić information content (AvgIpc) is 3.24. The smallest absolute Gasteiger partial charge is 0.269 e. The van der Waals surface area contributed by atoms with Crippen molar-refractivity contribution in [1.82, 2.24) is 15.5 Å². The molecule has 2 atom stereocenters. The maximum atomic E-state index is 14.9. The highest BCUT2D eigenvalue weighted by atomic mass is 19.1. The van der Waals surface area contributed by atoms with Crippen LogP contribution in [0, 0.1) is 24.6 Å². The summed E-state index contributed by atoms with van der Waals surface area (Å²) < 4.78 is 14.9. The Balaban J connectivity index is 1.83. The molecule has 1 aromatic heterocycles. The molecule has 1 aromatic carbocycles. The number of rotatable bonds is 7. The molecular weight excluding hydrogens is 427 g/mol. The van der Waals surface area contributed by atoms with Gasteiger partial charge in [-0.2, -0.15) is 5.10 Å². The molecule has 10 heteroatoms. The normalized spacial score (nSPS) is 19.2. The van der Waals surface area contributed by atoms with Crippen LogP contribution in [0.1, 0.15) is 41.7 Å². The molecule has 1 aliphatic rings. The van der Waals surface area contributed by atoms with Gasteiger partial charge in [0.15, 0.2) is 5.78 Å². The number of ketones is 1. The van der Waals surface area contributed by atoms with E-state index in [1.807, 2.05) is 6.92 Å². The number of benzene rings is 1. The van der Waals surface area contributed by atoms with Crippen molar-refractivity contribution in [2.45, 2.75) is 32.6 Å². The number of H-pyrrole nitrogens is 1. The topological polar surface area (TPSA) is 156 Å². The second-order valence-corrected chi connectivity index (χ2v) is 8.00. The molecule has 2 aromatic rings. The number of hydrogen-bond donors (Lipinski definition) is 4. The van der Waals surface area contributed by atoms with E-state index in [0.29, 0.717) is 24.1 Å². The minimum atomic E-state index is -0.847. The van der Waals surface area contributed by atoms with Crippen LogP contribution < -0.4 is 16.8 Å². The number of carbonyl (C=O) groups excluding carboxylic acids is 3. The minimum Gasteiger partial charge on any atom is -0.403 e. The Morgan fingerprint density at radius 2 is 1.91 bits per heavy atom. The molecule has 0 radical (unpaired) electrons. The monoisotopic (exact) mass is 454 g/mol. The third-order valence-corrected chi connectivity index (χ3v) is 5.81. The van der Waals surface area contributed by atoms with Crippen LogP contribution in [0.5, 0.6) is 0 Å². The van der Waals surface area contributed by atoms with Crippen LogP contribution in [0.4, 0.5) is 4.39 Å². The predicted molar refractivity (Wildman–Crippen MR) is 121 cm³/mol. The van der Waals surface area contributed by atoms with Gasteiger partial charge in [0.25, 0.3) is 5.91 Å². The largest absolute Gasteiger partial charge is 0.403 e. The minimum absolute atomic E-state index is 0.0309. The number of nitrogens with one attached hydrogen (secondary N) is 2. The number of aryl methyl sites for hydroxylation is 1. The van der Waals surface area contributed by atoms with Crippen LogP contribution in [-0.2, 0) is 9.59 Å². The van der Waals surface area contributed by atoms with Crippen LogP contribution in [0.3, 0.4) is 0 Å². The molecule has 0 spiro atoms. The van der Waals surface area contributed by atoms with Gasteiger partial charge in [0.2, 0.25) is 5.91 Å². The Morgan fingerprint density at radius 1 is 1.21 bits per heavy atom. The number of halogens is 1. The Hall–Kier alpha value is -3.82. The van der Waals surface area contributed by atoms with Crippen molar-refractivity contribution in [2.75, 3.05) is 7.05 Å². The van der Waals surface area contributed by atoms with Crippen LogP contribution in [0.25, 0.3) is 11.3 Å². The van der Waals surface area contributed by atoms with Gasteiger partial charge in [-0.3, -0.25) is 24.5 Å². The highest BCUT2D eigenvalue weighted by Crippen LogP contribution is 2.34. The van der Waals surface area contributed by atoms with Crippen LogP contribution in [-0.4, -0.2) is 40.6 Å². The lowest BCUT2D eigenvalue weighted by molar-refractivity contribution is -0.126. The highest BCUT2D eigenvalue weighted by Gasteiger charge is 2.37. The number of Topliss-reactive ketones (excluding diaryl/α,β-unsaturated/α-hetero) is 1. The Kier molecular flexibility index (Phi) is 7.37. The number of hydrogen-bond acceptors (Lipinski definition) is 6. The molecule has 1 fully saturated rings. The number of nitrogens with zero attached hydrogens (tertiary/aromatic N) is 2. The van der Waals surface area contributed by atoms with Gasteiger partial charge >= 0.3 is 0 Å². The summed E-state index contributed by atoms with van der Waals surface area (Å²) in [5, 5.41) is 9.47. The van der Waals surface area contributed by atoms with Crippen molar-refractivity contribution >= 4 is 23.3 Å². The summed E-state index contributed by atoms with van der Waals surface area (Å²) in [5.41, 5.74) is 12.5. The van der Waals surface area contributed by atoms with Crippen molar-refractivity contribution in [2.24, 2.45) is 28.3 Å². The Bertz CT molecular complexity index is 1140. The number of primary amides is 1. The maximum absolute atomic E-state index is 14.9. The van der Waals surface area contributed by atoms with E-state index in [-0.39, 0.29) is 17.0 Å². The fraction of sp³-hybridized carbons (Fsp3) is 0.348. The molecule has 3 rings (SSSR count). The maximum Gasteiger partial charge on any atom is 0.269 e. The lowest BCUT2D eigenvalue weighted by Crippen LogP contribution is -2.42. The Labute approximate surface area is 190 Å². The molecule has 0 aliphatic heterocycles. The molecule has 0 bridgehead atoms. The van der Waals surface area contributed by atoms with Gasteiger partial charge < -0.3 is 16.8 Å². The first-order valence-electron chi connectivity index (χ1n) is 10.6. The number of amides is 2. The zero-order valence-corrected chi connectivity index (χ0v) is 18.5. The number of aliphatic imine (C=N–C) groups is 1. The van der Waals surface area contributed by atoms with E-state index in [1.165, 1.54) is 19.2 Å². The SMILES string of the molecule is CN=C(C(N)=O)C(=CN)NC(=O)C1CCCCC1C(=O)c1ccc(-c2cc(C)[nH]n2)cc1F. The molecule has 0 saturated heterocycles. The van der Waals surface area contributed by atoms with Crippen LogP contribution in [0.15, 0.2) is 41.2 Å². The van der Waals surface area contributed by atoms with Gasteiger partial charge in [-0.15, -0.1) is 0 Å². The molecule has 174 valence electrons. The molecule has 9 nitrogen and oxygen atoms in total. The van der Waals surface area contributed by atoms with Crippen molar-refractivity contribution < 1.29 is 18.8 Å². The lowest BCUT2D eigenvalue weighted by Gasteiger charge is -2.30. The van der Waals surface area contributed by atoms with Crippen molar-refractivity contribution in [3.8, 4) is 11.3 Å². The van der Waals surface area contributed by atoms with Crippen molar-refractivity contribution in [3.05, 3.63) is 53.2 Å². The molecule has 33 heavy (non-hydrogen) atoms. The molecule has 1 aliphatic carbocycles. The van der Waals surface area contributed by atoms with E-state index in [4.69, 9.17) is 11.5 Å². The first-order chi connectivity index (χ1) is 15.8. The fourth-order valence-electron chi connectivity index (χ4n) is 4.17. The summed E-state index contributed by atoms with van der Waals surface area (Å²) in [6.45, 7) is 1.84. The van der Waals surface area contributed by atoms with Crippen LogP contribution >= 0.6 is 0 Å². The summed E-state index contributed by atoms with van der Waals surface area (Å²) in [5.74, 6) is -3.85. The summed E-state index contributed by atoms with van der Waals surface area (Å²) in [6.07, 6.45) is 3.41. The highest BCUT2D eigenvalue weighted by molar-refractivity contribution is 6.45. The standard InChI is InChI=1S/C23H27FN6O3/c1-12-9-18(30-29-12)13-7-8-16(17(24)10-13)21(31)14-5-3-4-6-15(14)23(33)28-19(11-25)20(27-2)22(26)32/h7-11,14-15H,3-6,25H2,1-2H3,(H2,26,32)(H,28,33)(H,29,30). The van der Waals surface area contributed by atoms with Crippen LogP contribution in [0.2, 0.25) is 0 Å². The second-order valence-electron chi connectivity index (χ2n) is 8.00. The molecule has 1 saturated carbocycles. The predicted octanol–water partition coefficient (Wildman–Crippen LogP) is 1.99. The van der Waals surface area contributed by atoms with E-state index in [9.17, 15) is 18.8 Å². The molecule has 2 unspecified atom stereocenters. The number of aromatic amines is 1. The summed E-state index contributed by atoms with van der Waals surface area (Å²) in [6, 6.07) is 6.11. The van der Waals surface area contributed by atoms with Gasteiger partial charge in [0.05, 0.1) is 17.0 Å². The second kappa shape index (κ2) is 10.2. The summed E-state index contributed by atoms with van der Waals surface area (Å²) in [4.78, 5) is 41.6. The van der Waals surface area contributed by atoms with E-state index in [2.05, 4.69) is 20.5 Å². The third-order valence-electron chi connectivity index (χ3n) is 5.81. The first-order valence-corrected chi connectivity index (χ1v) is 10.6. The van der Waals surface area contributed by atoms with E-state index >= 15 is 0 Å². The summed E-state index contributed by atoms with van der Waals surface area (Å²) >= 11 is 0. The van der Waals surface area contributed by atoms with E-state index in [0.717, 1.165) is 24.7 Å². The number of nitrogens with two attached hydrogens (primary N) is 2. The van der Waals surface area contributed by atoms with Gasteiger partial charge in [-0.1, -0.05) is 18.9 Å². The van der Waals surface area contributed by atoms with Gasteiger partial charge in [-0.25, -0.2) is 4.39 Å². The average molecular weight is 455 g/mol. The number of aromatic nitrogens is 2. The van der Waals surface area contributed by atoms with Gasteiger partial charge in [0.1, 0.15) is 11.5 Å². The van der Waals surface area contributed by atoms with Gasteiger partial charge in [0, 0.05) is 36.3 Å². The molecule has 1 heterocycles. The zero-order chi connectivity index (χ0) is 24.1. The third kappa shape index (κ3) is 5.16. The quantitative estimate of drug-likeness (QED) is 0.372. The van der Waals surface area contributed by atoms with Crippen molar-refractivity contribution in [1.29, 1.82) is 0 Å². The molecular formula is C23H27FN6O3. The lowest BCUT2D eigenvalue weighted by atomic mass is 9.74. The van der Waals surface area contributed by atoms with Crippen molar-refractivity contribution in [3.63, 3.8) is 0 Å². The summed E-state index contributed by atoms with van der Waals surface area (Å²) in [7, 11) is 1.35. The van der Waals surface area contributed by atoms with E-state index < -0.39 is 35.3 Å². The van der Waals surface area contributed by atoms with E-state index in [1.54, 1.807) is 12.1 Å². The number of carbonyl (C=O) groups is 3. The fourth-order valence-corrected chi connectivity index (χ4v) is 4.17. The zero-order valence-electron chi connectivity index (χ0n) is 18.5. The molecule has 2 amide bonds. The first kappa shape index (κ1) is 23.8. The Morgan fingerprint density at radius 3 is 2.45 bits per heavy atom. The molecule has 6 N–H and O–H groups in total. The van der Waals surface area contributed by atoms with Gasteiger partial charge in [-0.05, 0) is 38.0 Å².